The van der Waals surface area contributed by atoms with Crippen LogP contribution in [0.5, 0.6) is 0 Å². The molecule has 2 aromatic heterocycles. The lowest BCUT2D eigenvalue weighted by molar-refractivity contribution is 0.193. The minimum atomic E-state index is 0.0450. The molecule has 1 atom stereocenters. The maximum absolute atomic E-state index is 12.4. The molecule has 1 fully saturated rings. The van der Waals surface area contributed by atoms with Crippen molar-refractivity contribution in [2.45, 2.75) is 29.6 Å². The highest BCUT2D eigenvalue weighted by Gasteiger charge is 2.29. The predicted octanol–water partition coefficient (Wildman–Crippen LogP) is 3.57. The Morgan fingerprint density at radius 2 is 2.26 bits per heavy atom. The van der Waals surface area contributed by atoms with Crippen molar-refractivity contribution in [1.82, 2.24) is 20.2 Å². The van der Waals surface area contributed by atoms with Gasteiger partial charge in [0.1, 0.15) is 4.34 Å². The molecule has 0 unspecified atom stereocenters. The van der Waals surface area contributed by atoms with E-state index in [1.807, 2.05) is 28.6 Å². The Labute approximate surface area is 144 Å². The molecule has 2 amide bonds. The third-order valence-electron chi connectivity index (χ3n) is 3.84. The van der Waals surface area contributed by atoms with Gasteiger partial charge in [0.2, 0.25) is 0 Å². The first-order valence-corrected chi connectivity index (χ1v) is 9.68. The van der Waals surface area contributed by atoms with Crippen LogP contribution in [-0.2, 0) is 0 Å². The summed E-state index contributed by atoms with van der Waals surface area (Å²) in [5, 5.41) is 5.03. The van der Waals surface area contributed by atoms with Gasteiger partial charge in [-0.3, -0.25) is 4.98 Å². The number of nitrogens with one attached hydrogen (secondary N) is 1. The lowest BCUT2D eigenvalue weighted by Crippen LogP contribution is -2.40. The van der Waals surface area contributed by atoms with E-state index < -0.39 is 0 Å². The molecule has 0 saturated carbocycles. The fraction of sp³-hybridized carbons (Fsp3) is 0.438. The molecule has 0 aliphatic carbocycles. The van der Waals surface area contributed by atoms with E-state index in [2.05, 4.69) is 15.3 Å². The first-order valence-electron chi connectivity index (χ1n) is 7.81. The van der Waals surface area contributed by atoms with Gasteiger partial charge in [0.05, 0.1) is 6.04 Å². The number of urea groups is 1. The van der Waals surface area contributed by atoms with Crippen LogP contribution in [0.3, 0.4) is 0 Å². The van der Waals surface area contributed by atoms with Crippen LogP contribution in [0.4, 0.5) is 4.79 Å². The number of nitrogens with zero attached hydrogens (tertiary/aromatic N) is 3. The van der Waals surface area contributed by atoms with E-state index in [1.165, 1.54) is 5.56 Å². The molecular formula is C16H20N4OS2. The van der Waals surface area contributed by atoms with Crippen LogP contribution in [0.2, 0.25) is 0 Å². The van der Waals surface area contributed by atoms with Crippen molar-refractivity contribution in [3.63, 3.8) is 0 Å². The molecule has 5 nitrogen and oxygen atoms in total. The molecular weight excluding hydrogens is 328 g/mol. The molecule has 0 aromatic carbocycles. The predicted molar refractivity (Wildman–Crippen MR) is 93.8 cm³/mol. The SMILES string of the molecule is O=C(NCCCSc1nccs1)N1CCC[C@H]1c1ccncc1. The summed E-state index contributed by atoms with van der Waals surface area (Å²) in [5.41, 5.74) is 1.17. The number of likely N-dealkylation sites (tertiary alicyclic amines) is 1. The first kappa shape index (κ1) is 16.3. The second-order valence-corrected chi connectivity index (χ2v) is 7.60. The molecule has 3 rings (SSSR count). The second kappa shape index (κ2) is 8.31. The summed E-state index contributed by atoms with van der Waals surface area (Å²) in [6.07, 6.45) is 8.43. The van der Waals surface area contributed by atoms with E-state index in [1.54, 1.807) is 35.5 Å². The standard InChI is InChI=1S/C16H20N4OS2/c21-15(18-6-2-11-22-16-19-9-12-23-16)20-10-1-3-14(20)13-4-7-17-8-5-13/h4-5,7-9,12,14H,1-3,6,10-11H2,(H,18,21)/t14-/m0/s1. The topological polar surface area (TPSA) is 58.1 Å². The van der Waals surface area contributed by atoms with Crippen LogP contribution in [0.25, 0.3) is 0 Å². The maximum atomic E-state index is 12.4. The molecule has 7 heteroatoms. The molecule has 0 bridgehead atoms. The van der Waals surface area contributed by atoms with Crippen molar-refractivity contribution in [3.8, 4) is 0 Å². The Morgan fingerprint density at radius 3 is 3.04 bits per heavy atom. The van der Waals surface area contributed by atoms with Crippen LogP contribution < -0.4 is 5.32 Å². The van der Waals surface area contributed by atoms with Crippen LogP contribution in [0, 0.1) is 0 Å². The fourth-order valence-electron chi connectivity index (χ4n) is 2.75. The van der Waals surface area contributed by atoms with E-state index >= 15 is 0 Å². The van der Waals surface area contributed by atoms with Crippen molar-refractivity contribution < 1.29 is 4.79 Å². The smallest absolute Gasteiger partial charge is 0.317 e. The summed E-state index contributed by atoms with van der Waals surface area (Å²) in [7, 11) is 0. The third-order valence-corrected chi connectivity index (χ3v) is 5.89. The van der Waals surface area contributed by atoms with E-state index in [4.69, 9.17) is 0 Å². The number of thiazole rings is 1. The van der Waals surface area contributed by atoms with Gasteiger partial charge in [-0.1, -0.05) is 11.8 Å². The van der Waals surface area contributed by atoms with Crippen LogP contribution in [0.15, 0.2) is 40.4 Å². The van der Waals surface area contributed by atoms with Crippen molar-refractivity contribution in [1.29, 1.82) is 0 Å². The maximum Gasteiger partial charge on any atom is 0.317 e. The van der Waals surface area contributed by atoms with E-state index in [9.17, 15) is 4.79 Å². The Morgan fingerprint density at radius 1 is 1.39 bits per heavy atom. The van der Waals surface area contributed by atoms with Gasteiger partial charge >= 0.3 is 6.03 Å². The van der Waals surface area contributed by atoms with Gasteiger partial charge in [-0.25, -0.2) is 9.78 Å². The summed E-state index contributed by atoms with van der Waals surface area (Å²) in [6.45, 7) is 1.53. The van der Waals surface area contributed by atoms with Crippen molar-refractivity contribution in [2.75, 3.05) is 18.8 Å². The monoisotopic (exact) mass is 348 g/mol. The number of thioether (sulfide) groups is 1. The molecule has 1 aliphatic rings. The number of aromatic nitrogens is 2. The zero-order valence-electron chi connectivity index (χ0n) is 12.9. The minimum absolute atomic E-state index is 0.0450. The summed E-state index contributed by atoms with van der Waals surface area (Å²) in [4.78, 5) is 22.6. The number of hydrogen-bond acceptors (Lipinski definition) is 5. The van der Waals surface area contributed by atoms with E-state index in [0.29, 0.717) is 6.54 Å². The van der Waals surface area contributed by atoms with Crippen LogP contribution >= 0.6 is 23.1 Å². The Balaban J connectivity index is 1.42. The highest BCUT2D eigenvalue weighted by atomic mass is 32.2. The number of rotatable bonds is 6. The van der Waals surface area contributed by atoms with E-state index in [-0.39, 0.29) is 12.1 Å². The molecule has 1 saturated heterocycles. The van der Waals surface area contributed by atoms with Crippen LogP contribution in [-0.4, -0.2) is 39.7 Å². The molecule has 0 radical (unpaired) electrons. The van der Waals surface area contributed by atoms with Gasteiger partial charge in [0.25, 0.3) is 0 Å². The average Bonchev–Trinajstić information content (AvgIpc) is 3.27. The first-order chi connectivity index (χ1) is 11.3. The summed E-state index contributed by atoms with van der Waals surface area (Å²) >= 11 is 3.40. The number of pyridine rings is 1. The molecule has 0 spiro atoms. The zero-order valence-corrected chi connectivity index (χ0v) is 14.5. The lowest BCUT2D eigenvalue weighted by atomic mass is 10.1. The summed E-state index contributed by atoms with van der Waals surface area (Å²) in [6, 6.07) is 4.23. The summed E-state index contributed by atoms with van der Waals surface area (Å²) < 4.78 is 1.09. The van der Waals surface area contributed by atoms with Gasteiger partial charge in [-0.15, -0.1) is 11.3 Å². The summed E-state index contributed by atoms with van der Waals surface area (Å²) in [5.74, 6) is 0.974. The second-order valence-electron chi connectivity index (χ2n) is 5.36. The van der Waals surface area contributed by atoms with Gasteiger partial charge in [0, 0.05) is 42.8 Å². The number of carbonyl (C=O) groups excluding carboxylic acids is 1. The highest BCUT2D eigenvalue weighted by molar-refractivity contribution is 8.00. The molecule has 23 heavy (non-hydrogen) atoms. The van der Waals surface area contributed by atoms with Gasteiger partial charge in [-0.05, 0) is 37.0 Å². The third kappa shape index (κ3) is 4.45. The fourth-order valence-corrected chi connectivity index (χ4v) is 4.40. The minimum Gasteiger partial charge on any atom is -0.338 e. The normalized spacial score (nSPS) is 17.4. The molecule has 1 N–H and O–H groups in total. The number of amides is 2. The van der Waals surface area contributed by atoms with E-state index in [0.717, 1.165) is 35.9 Å². The molecule has 1 aliphatic heterocycles. The van der Waals surface area contributed by atoms with Crippen molar-refractivity contribution in [2.24, 2.45) is 0 Å². The molecule has 3 heterocycles. The number of carbonyl (C=O) groups is 1. The van der Waals surface area contributed by atoms with Crippen molar-refractivity contribution >= 4 is 29.1 Å². The van der Waals surface area contributed by atoms with Crippen molar-refractivity contribution in [3.05, 3.63) is 41.7 Å². The zero-order chi connectivity index (χ0) is 15.9. The Hall–Kier alpha value is -1.60. The van der Waals surface area contributed by atoms with Gasteiger partial charge in [-0.2, -0.15) is 0 Å². The average molecular weight is 348 g/mol. The quantitative estimate of drug-likeness (QED) is 0.640. The largest absolute Gasteiger partial charge is 0.338 e. The number of hydrogen-bond donors (Lipinski definition) is 1. The van der Waals surface area contributed by atoms with Gasteiger partial charge in [0.15, 0.2) is 0 Å². The van der Waals surface area contributed by atoms with Gasteiger partial charge < -0.3 is 10.2 Å². The molecule has 122 valence electrons. The lowest BCUT2D eigenvalue weighted by Gasteiger charge is -2.25. The van der Waals surface area contributed by atoms with Crippen LogP contribution in [0.1, 0.15) is 30.9 Å². The highest BCUT2D eigenvalue weighted by Crippen LogP contribution is 2.31. The molecule has 2 aromatic rings. The Bertz CT molecular complexity index is 606. The Kier molecular flexibility index (Phi) is 5.87.